The van der Waals surface area contributed by atoms with E-state index in [1.165, 1.54) is 12.8 Å². The molecule has 2 aliphatic rings. The summed E-state index contributed by atoms with van der Waals surface area (Å²) in [7, 11) is 0. The molecule has 0 bridgehead atoms. The first-order valence-corrected chi connectivity index (χ1v) is 8.28. The Morgan fingerprint density at radius 3 is 2.73 bits per heavy atom. The SMILES string of the molecule is CCNC(=NCC(C)(CC)CO)N1CCC2(CCOC2)C1.I. The van der Waals surface area contributed by atoms with Crippen LogP contribution in [0.2, 0.25) is 0 Å². The van der Waals surface area contributed by atoms with Crippen molar-refractivity contribution in [2.24, 2.45) is 15.8 Å². The summed E-state index contributed by atoms with van der Waals surface area (Å²) in [6, 6.07) is 0. The van der Waals surface area contributed by atoms with Crippen molar-refractivity contribution in [2.75, 3.05) is 46.0 Å². The fraction of sp³-hybridized carbons (Fsp3) is 0.938. The van der Waals surface area contributed by atoms with E-state index in [0.717, 1.165) is 45.2 Å². The Labute approximate surface area is 151 Å². The molecule has 6 heteroatoms. The number of likely N-dealkylation sites (tertiary alicyclic amines) is 1. The van der Waals surface area contributed by atoms with E-state index in [9.17, 15) is 5.11 Å². The lowest BCUT2D eigenvalue weighted by Gasteiger charge is -2.27. The highest BCUT2D eigenvalue weighted by Gasteiger charge is 2.42. The number of halogens is 1. The number of hydrogen-bond acceptors (Lipinski definition) is 3. The third-order valence-electron chi connectivity index (χ3n) is 5.10. The molecule has 0 aromatic carbocycles. The molecule has 130 valence electrons. The average Bonchev–Trinajstić information content (AvgIpc) is 3.14. The lowest BCUT2D eigenvalue weighted by atomic mass is 9.87. The molecule has 2 heterocycles. The standard InChI is InChI=1S/C16H31N3O2.HI/c1-4-15(3,12-20)10-18-14(17-5-2)19-8-6-16(11-19)7-9-21-13-16;/h20H,4-13H2,1-3H3,(H,17,18);1H. The Kier molecular flexibility index (Phi) is 7.88. The van der Waals surface area contributed by atoms with E-state index in [1.807, 2.05) is 0 Å². The minimum absolute atomic E-state index is 0. The molecule has 0 saturated carbocycles. The number of aliphatic imine (C=N–C) groups is 1. The highest BCUT2D eigenvalue weighted by Crippen LogP contribution is 2.38. The van der Waals surface area contributed by atoms with Gasteiger partial charge in [-0.25, -0.2) is 0 Å². The molecule has 2 atom stereocenters. The second-order valence-corrected chi connectivity index (χ2v) is 6.97. The summed E-state index contributed by atoms with van der Waals surface area (Å²) in [5.41, 5.74) is 0.232. The first-order chi connectivity index (χ1) is 10.1. The van der Waals surface area contributed by atoms with Crippen LogP contribution in [0.15, 0.2) is 4.99 Å². The van der Waals surface area contributed by atoms with E-state index in [-0.39, 0.29) is 36.0 Å². The summed E-state index contributed by atoms with van der Waals surface area (Å²) in [5, 5.41) is 12.9. The summed E-state index contributed by atoms with van der Waals surface area (Å²) in [5.74, 6) is 0.995. The number of aliphatic hydroxyl groups is 1. The molecule has 0 amide bonds. The average molecular weight is 425 g/mol. The zero-order chi connectivity index (χ0) is 15.3. The Bertz CT molecular complexity index is 366. The highest BCUT2D eigenvalue weighted by atomic mass is 127. The van der Waals surface area contributed by atoms with Crippen LogP contribution in [-0.4, -0.2) is 62.0 Å². The maximum absolute atomic E-state index is 9.54. The van der Waals surface area contributed by atoms with E-state index in [1.54, 1.807) is 0 Å². The third kappa shape index (κ3) is 4.71. The zero-order valence-electron chi connectivity index (χ0n) is 14.2. The Balaban J connectivity index is 0.00000242. The van der Waals surface area contributed by atoms with E-state index in [4.69, 9.17) is 9.73 Å². The number of hydrogen-bond donors (Lipinski definition) is 2. The van der Waals surface area contributed by atoms with Crippen molar-refractivity contribution in [3.05, 3.63) is 0 Å². The Hall–Kier alpha value is -0.0800. The van der Waals surface area contributed by atoms with Gasteiger partial charge in [-0.3, -0.25) is 4.99 Å². The molecule has 2 rings (SSSR count). The topological polar surface area (TPSA) is 57.1 Å². The molecule has 0 aromatic rings. The molecule has 1 spiro atoms. The van der Waals surface area contributed by atoms with Gasteiger partial charge >= 0.3 is 0 Å². The molecule has 0 aromatic heterocycles. The largest absolute Gasteiger partial charge is 0.396 e. The highest BCUT2D eigenvalue weighted by molar-refractivity contribution is 14.0. The molecule has 2 saturated heterocycles. The van der Waals surface area contributed by atoms with Gasteiger partial charge in [0.1, 0.15) is 0 Å². The molecule has 2 unspecified atom stereocenters. The van der Waals surface area contributed by atoms with Gasteiger partial charge in [0.2, 0.25) is 0 Å². The molecular formula is C16H32IN3O2. The zero-order valence-corrected chi connectivity index (χ0v) is 16.6. The minimum Gasteiger partial charge on any atom is -0.396 e. The minimum atomic E-state index is -0.117. The molecule has 2 N–H and O–H groups in total. The normalized spacial score (nSPS) is 27.8. The second kappa shape index (κ2) is 8.68. The molecule has 0 aliphatic carbocycles. The van der Waals surface area contributed by atoms with Gasteiger partial charge in [0, 0.05) is 37.1 Å². The summed E-state index contributed by atoms with van der Waals surface area (Å²) in [6.45, 7) is 11.9. The first kappa shape index (κ1) is 20.0. The molecule has 22 heavy (non-hydrogen) atoms. The lowest BCUT2D eigenvalue weighted by molar-refractivity contribution is 0.145. The van der Waals surface area contributed by atoms with Gasteiger partial charge in [-0.2, -0.15) is 0 Å². The monoisotopic (exact) mass is 425 g/mol. The lowest BCUT2D eigenvalue weighted by Crippen LogP contribution is -2.42. The van der Waals surface area contributed by atoms with Crippen molar-refractivity contribution in [1.29, 1.82) is 0 Å². The Morgan fingerprint density at radius 2 is 2.18 bits per heavy atom. The van der Waals surface area contributed by atoms with Gasteiger partial charge in [-0.1, -0.05) is 13.8 Å². The van der Waals surface area contributed by atoms with Crippen LogP contribution < -0.4 is 5.32 Å². The number of ether oxygens (including phenoxy) is 1. The van der Waals surface area contributed by atoms with Gasteiger partial charge in [-0.05, 0) is 26.2 Å². The van der Waals surface area contributed by atoms with Crippen molar-refractivity contribution in [1.82, 2.24) is 10.2 Å². The molecule has 2 fully saturated rings. The number of rotatable bonds is 5. The summed E-state index contributed by atoms with van der Waals surface area (Å²) >= 11 is 0. The van der Waals surface area contributed by atoms with Gasteiger partial charge in [0.25, 0.3) is 0 Å². The summed E-state index contributed by atoms with van der Waals surface area (Å²) in [6.07, 6.45) is 3.30. The predicted octanol–water partition coefficient (Wildman–Crippen LogP) is 2.09. The fourth-order valence-corrected chi connectivity index (χ4v) is 3.05. The van der Waals surface area contributed by atoms with Gasteiger partial charge in [0.15, 0.2) is 5.96 Å². The van der Waals surface area contributed by atoms with Crippen molar-refractivity contribution in [3.63, 3.8) is 0 Å². The van der Waals surface area contributed by atoms with Crippen LogP contribution >= 0.6 is 24.0 Å². The van der Waals surface area contributed by atoms with Crippen LogP contribution in [0.4, 0.5) is 0 Å². The predicted molar refractivity (Wildman–Crippen MR) is 101 cm³/mol. The van der Waals surface area contributed by atoms with Crippen LogP contribution in [0.25, 0.3) is 0 Å². The fourth-order valence-electron chi connectivity index (χ4n) is 3.05. The maximum atomic E-state index is 9.54. The quantitative estimate of drug-likeness (QED) is 0.403. The Morgan fingerprint density at radius 1 is 1.41 bits per heavy atom. The number of nitrogens with one attached hydrogen (secondary N) is 1. The van der Waals surface area contributed by atoms with Crippen LogP contribution in [0.5, 0.6) is 0 Å². The number of aliphatic hydroxyl groups excluding tert-OH is 1. The third-order valence-corrected chi connectivity index (χ3v) is 5.10. The number of guanidine groups is 1. The first-order valence-electron chi connectivity index (χ1n) is 8.28. The van der Waals surface area contributed by atoms with Crippen LogP contribution in [0.1, 0.15) is 40.0 Å². The maximum Gasteiger partial charge on any atom is 0.193 e. The summed E-state index contributed by atoms with van der Waals surface area (Å²) in [4.78, 5) is 7.16. The van der Waals surface area contributed by atoms with Gasteiger partial charge < -0.3 is 20.1 Å². The number of nitrogens with zero attached hydrogens (tertiary/aromatic N) is 2. The second-order valence-electron chi connectivity index (χ2n) is 6.97. The van der Waals surface area contributed by atoms with E-state index in [2.05, 4.69) is 31.0 Å². The smallest absolute Gasteiger partial charge is 0.193 e. The van der Waals surface area contributed by atoms with E-state index < -0.39 is 0 Å². The van der Waals surface area contributed by atoms with Crippen LogP contribution in [0.3, 0.4) is 0 Å². The van der Waals surface area contributed by atoms with Gasteiger partial charge in [-0.15, -0.1) is 24.0 Å². The van der Waals surface area contributed by atoms with Crippen molar-refractivity contribution < 1.29 is 9.84 Å². The summed E-state index contributed by atoms with van der Waals surface area (Å²) < 4.78 is 5.60. The van der Waals surface area contributed by atoms with E-state index in [0.29, 0.717) is 12.0 Å². The molecule has 2 aliphatic heterocycles. The van der Waals surface area contributed by atoms with Crippen LogP contribution in [0, 0.1) is 10.8 Å². The van der Waals surface area contributed by atoms with E-state index >= 15 is 0 Å². The van der Waals surface area contributed by atoms with Crippen molar-refractivity contribution in [3.8, 4) is 0 Å². The molecule has 5 nitrogen and oxygen atoms in total. The van der Waals surface area contributed by atoms with Gasteiger partial charge in [0.05, 0.1) is 19.8 Å². The van der Waals surface area contributed by atoms with Crippen LogP contribution in [-0.2, 0) is 4.74 Å². The van der Waals surface area contributed by atoms with Crippen molar-refractivity contribution in [2.45, 2.75) is 40.0 Å². The molecule has 0 radical (unpaired) electrons. The van der Waals surface area contributed by atoms with Crippen molar-refractivity contribution >= 4 is 29.9 Å². The molecular weight excluding hydrogens is 393 g/mol.